The Morgan fingerprint density at radius 2 is 1.83 bits per heavy atom. The van der Waals surface area contributed by atoms with Crippen LogP contribution >= 0.6 is 0 Å². The third-order valence-electron chi connectivity index (χ3n) is 8.12. The molecular formula is C26H35N8O+. The molecule has 3 aromatic rings. The molecule has 3 aliphatic rings. The van der Waals surface area contributed by atoms with Crippen LogP contribution in [0.4, 0.5) is 17.5 Å². The van der Waals surface area contributed by atoms with Crippen molar-refractivity contribution < 1.29 is 10.1 Å². The summed E-state index contributed by atoms with van der Waals surface area (Å²) in [6.45, 7) is 9.50. The summed E-state index contributed by atoms with van der Waals surface area (Å²) in [6, 6.07) is 6.66. The molecule has 0 aromatic carbocycles. The molecule has 2 fully saturated rings. The van der Waals surface area contributed by atoms with E-state index in [9.17, 15) is 4.79 Å². The molecule has 0 atom stereocenters. The van der Waals surface area contributed by atoms with Crippen LogP contribution in [0.1, 0.15) is 56.4 Å². The Labute approximate surface area is 205 Å². The maximum absolute atomic E-state index is 12.7. The minimum Gasteiger partial charge on any atom is -0.368 e. The summed E-state index contributed by atoms with van der Waals surface area (Å²) in [7, 11) is 0. The first-order chi connectivity index (χ1) is 17.0. The molecule has 0 unspecified atom stereocenters. The van der Waals surface area contributed by atoms with Gasteiger partial charge in [-0.15, -0.1) is 0 Å². The predicted octanol–water partition coefficient (Wildman–Crippen LogP) is 2.48. The van der Waals surface area contributed by atoms with Crippen LogP contribution in [0.5, 0.6) is 0 Å². The molecule has 9 nitrogen and oxygen atoms in total. The smallest absolute Gasteiger partial charge is 0.359 e. The quantitative estimate of drug-likeness (QED) is 0.598. The van der Waals surface area contributed by atoms with Crippen molar-refractivity contribution in [2.75, 3.05) is 42.9 Å². The van der Waals surface area contributed by atoms with Crippen molar-refractivity contribution >= 4 is 34.4 Å². The van der Waals surface area contributed by atoms with E-state index in [1.54, 1.807) is 0 Å². The molecule has 2 aliphatic heterocycles. The molecule has 3 aromatic heterocycles. The second kappa shape index (κ2) is 8.87. The van der Waals surface area contributed by atoms with Crippen LogP contribution in [0.3, 0.4) is 0 Å². The van der Waals surface area contributed by atoms with Crippen LogP contribution in [-0.4, -0.2) is 69.1 Å². The van der Waals surface area contributed by atoms with Gasteiger partial charge >= 0.3 is 5.91 Å². The molecule has 9 heteroatoms. The summed E-state index contributed by atoms with van der Waals surface area (Å²) in [5.41, 5.74) is 2.71. The Morgan fingerprint density at radius 3 is 2.54 bits per heavy atom. The zero-order valence-corrected chi connectivity index (χ0v) is 20.7. The summed E-state index contributed by atoms with van der Waals surface area (Å²) >= 11 is 0. The van der Waals surface area contributed by atoms with Gasteiger partial charge < -0.3 is 14.8 Å². The van der Waals surface area contributed by atoms with Crippen molar-refractivity contribution in [2.45, 2.75) is 57.5 Å². The number of aromatic nitrogens is 4. The molecule has 1 saturated heterocycles. The van der Waals surface area contributed by atoms with Gasteiger partial charge in [0.25, 0.3) is 0 Å². The highest BCUT2D eigenvalue weighted by molar-refractivity contribution is 5.93. The van der Waals surface area contributed by atoms with E-state index in [0.29, 0.717) is 12.0 Å². The number of hydrogen-bond acceptors (Lipinski definition) is 7. The van der Waals surface area contributed by atoms with E-state index in [1.165, 1.54) is 19.3 Å². The number of carbonyl (C=O) groups excluding carboxylic acids is 1. The van der Waals surface area contributed by atoms with Gasteiger partial charge in [-0.1, -0.05) is 19.3 Å². The average molecular weight is 476 g/mol. The topological polar surface area (TPSA) is 95.8 Å². The number of pyridine rings is 1. The lowest BCUT2D eigenvalue weighted by atomic mass is 9.80. The summed E-state index contributed by atoms with van der Waals surface area (Å²) in [4.78, 5) is 31.7. The lowest BCUT2D eigenvalue weighted by molar-refractivity contribution is -0.574. The number of hydrogen-bond donors (Lipinski definition) is 2. The Bertz CT molecular complexity index is 1220. The van der Waals surface area contributed by atoms with Gasteiger partial charge in [-0.2, -0.15) is 4.98 Å². The highest BCUT2D eigenvalue weighted by Gasteiger charge is 2.44. The van der Waals surface area contributed by atoms with Crippen LogP contribution in [0.2, 0.25) is 0 Å². The number of piperazine rings is 1. The van der Waals surface area contributed by atoms with Crippen LogP contribution in [-0.2, 0) is 5.54 Å². The number of nitrogens with one attached hydrogen (secondary N) is 1. The molecule has 1 spiro atoms. The van der Waals surface area contributed by atoms with Gasteiger partial charge in [0, 0.05) is 43.8 Å². The first-order valence-electron chi connectivity index (χ1n) is 13.0. The number of quaternary nitrogens is 1. The van der Waals surface area contributed by atoms with Crippen molar-refractivity contribution in [3.63, 3.8) is 0 Å². The maximum atomic E-state index is 12.7. The van der Waals surface area contributed by atoms with E-state index >= 15 is 0 Å². The molecular weight excluding hydrogens is 440 g/mol. The number of carbonyl (C=O) groups is 1. The number of amides is 1. The van der Waals surface area contributed by atoms with Gasteiger partial charge in [-0.3, -0.25) is 10.2 Å². The van der Waals surface area contributed by atoms with Crippen molar-refractivity contribution in [3.8, 4) is 0 Å². The van der Waals surface area contributed by atoms with E-state index in [2.05, 4.69) is 49.6 Å². The van der Waals surface area contributed by atoms with Crippen LogP contribution in [0.25, 0.3) is 11.0 Å². The van der Waals surface area contributed by atoms with Crippen molar-refractivity contribution in [3.05, 3.63) is 36.3 Å². The second-order valence-electron chi connectivity index (χ2n) is 10.5. The third-order valence-corrected chi connectivity index (χ3v) is 8.12. The summed E-state index contributed by atoms with van der Waals surface area (Å²) in [5, 5.41) is 6.08. The van der Waals surface area contributed by atoms with Gasteiger partial charge in [-0.25, -0.2) is 14.8 Å². The molecule has 0 bridgehead atoms. The summed E-state index contributed by atoms with van der Waals surface area (Å²) in [6.07, 6.45) is 9.59. The highest BCUT2D eigenvalue weighted by Crippen LogP contribution is 2.39. The molecule has 35 heavy (non-hydrogen) atoms. The molecule has 184 valence electrons. The first-order valence-corrected chi connectivity index (χ1v) is 13.0. The minimum atomic E-state index is -0.0334. The van der Waals surface area contributed by atoms with E-state index in [0.717, 1.165) is 73.8 Å². The fourth-order valence-electron chi connectivity index (χ4n) is 6.09. The third kappa shape index (κ3) is 4.06. The first kappa shape index (κ1) is 22.4. The Balaban J connectivity index is 1.24. The van der Waals surface area contributed by atoms with Gasteiger partial charge in [-0.05, 0) is 44.9 Å². The lowest BCUT2D eigenvalue weighted by Crippen LogP contribution is -2.94. The van der Waals surface area contributed by atoms with Gasteiger partial charge in [0.1, 0.15) is 23.7 Å². The SMILES string of the molecule is CC(C)N1CCN(c2ccc(Nc3ncc4cc5n(c4n3)C3(CCCCC3)C[NH2+]C5=O)nc2)CC1. The predicted molar refractivity (Wildman–Crippen MR) is 136 cm³/mol. The summed E-state index contributed by atoms with van der Waals surface area (Å²) < 4.78 is 2.23. The van der Waals surface area contributed by atoms with Crippen LogP contribution < -0.4 is 15.5 Å². The lowest BCUT2D eigenvalue weighted by Gasteiger charge is -2.40. The van der Waals surface area contributed by atoms with Crippen molar-refractivity contribution in [1.82, 2.24) is 24.4 Å². The number of anilines is 3. The van der Waals surface area contributed by atoms with Crippen LogP contribution in [0.15, 0.2) is 30.6 Å². The van der Waals surface area contributed by atoms with E-state index in [4.69, 9.17) is 4.98 Å². The van der Waals surface area contributed by atoms with Crippen LogP contribution in [0, 0.1) is 0 Å². The molecule has 3 N–H and O–H groups in total. The molecule has 5 heterocycles. The van der Waals surface area contributed by atoms with Gasteiger partial charge in [0.15, 0.2) is 0 Å². The number of primary amides is 1. The fraction of sp³-hybridized carbons (Fsp3) is 0.538. The molecule has 1 aliphatic carbocycles. The number of rotatable bonds is 4. The average Bonchev–Trinajstić information content (AvgIpc) is 3.28. The van der Waals surface area contributed by atoms with E-state index < -0.39 is 0 Å². The van der Waals surface area contributed by atoms with Gasteiger partial charge in [0.05, 0.1) is 17.4 Å². The van der Waals surface area contributed by atoms with Crippen molar-refractivity contribution in [1.29, 1.82) is 0 Å². The molecule has 1 saturated carbocycles. The minimum absolute atomic E-state index is 0.0334. The summed E-state index contributed by atoms with van der Waals surface area (Å²) in [5.74, 6) is 1.33. The second-order valence-corrected chi connectivity index (χ2v) is 10.5. The Morgan fingerprint density at radius 1 is 1.03 bits per heavy atom. The van der Waals surface area contributed by atoms with E-state index in [1.807, 2.05) is 29.8 Å². The number of nitrogens with two attached hydrogens (primary N) is 1. The normalized spacial score (nSPS) is 20.5. The molecule has 1 amide bonds. The van der Waals surface area contributed by atoms with Gasteiger partial charge in [0.2, 0.25) is 5.95 Å². The highest BCUT2D eigenvalue weighted by atomic mass is 16.2. The van der Waals surface area contributed by atoms with E-state index in [-0.39, 0.29) is 11.4 Å². The standard InChI is InChI=1S/C26H34N8O/c1-18(2)32-10-12-33(13-11-32)20-6-7-22(27-16-20)30-25-28-15-19-14-21-24(35)29-17-26(8-4-3-5-9-26)34(21)23(19)31-25/h6-7,14-16,18H,3-5,8-13,17H2,1-2H3,(H,29,35)(H,27,28,30,31)/p+1. The fourth-order valence-corrected chi connectivity index (χ4v) is 6.09. The largest absolute Gasteiger partial charge is 0.368 e. The number of nitrogens with zero attached hydrogens (tertiary/aromatic N) is 6. The zero-order chi connectivity index (χ0) is 24.0. The Hall–Kier alpha value is -3.04. The zero-order valence-electron chi connectivity index (χ0n) is 20.7. The van der Waals surface area contributed by atoms with Crippen molar-refractivity contribution in [2.24, 2.45) is 0 Å². The monoisotopic (exact) mass is 475 g/mol. The molecule has 0 radical (unpaired) electrons. The molecule has 6 rings (SSSR count). The Kier molecular flexibility index (Phi) is 5.69. The number of fused-ring (bicyclic) bond motifs is 4. The maximum Gasteiger partial charge on any atom is 0.359 e.